The molecule has 4 heteroatoms. The predicted molar refractivity (Wildman–Crippen MR) is 296 cm³/mol. The molecule has 72 heavy (non-hydrogen) atoms. The van der Waals surface area contributed by atoms with Gasteiger partial charge < -0.3 is 0 Å². The number of aromatic nitrogens is 4. The van der Waals surface area contributed by atoms with Gasteiger partial charge in [0, 0.05) is 38.6 Å². The highest BCUT2D eigenvalue weighted by Gasteiger charge is 2.37. The van der Waals surface area contributed by atoms with E-state index in [2.05, 4.69) is 222 Å². The Morgan fingerprint density at radius 1 is 0.222 bits per heavy atom. The third-order valence-corrected chi connectivity index (χ3v) is 15.1. The predicted octanol–water partition coefficient (Wildman–Crippen LogP) is 17.2. The van der Waals surface area contributed by atoms with Crippen molar-refractivity contribution in [3.05, 3.63) is 253 Å². The fraction of sp³-hybridized carbons (Fsp3) is 0.0882. The Bertz CT molecular complexity index is 3530. The lowest BCUT2D eigenvalue weighted by atomic mass is 9.80. The molecule has 0 bridgehead atoms. The Morgan fingerprint density at radius 2 is 0.514 bits per heavy atom. The van der Waals surface area contributed by atoms with Crippen LogP contribution in [0.1, 0.15) is 49.9 Å². The van der Waals surface area contributed by atoms with Crippen LogP contribution in [0.5, 0.6) is 0 Å². The second-order valence-corrected chi connectivity index (χ2v) is 20.3. The van der Waals surface area contributed by atoms with Crippen LogP contribution in [0.4, 0.5) is 0 Å². The van der Waals surface area contributed by atoms with E-state index in [-0.39, 0.29) is 10.8 Å². The molecule has 0 amide bonds. The topological polar surface area (TPSA) is 51.6 Å². The van der Waals surface area contributed by atoms with E-state index in [0.29, 0.717) is 17.5 Å². The highest BCUT2D eigenvalue weighted by Crippen LogP contribution is 2.53. The molecule has 2 aromatic heterocycles. The van der Waals surface area contributed by atoms with Crippen molar-refractivity contribution in [1.29, 1.82) is 0 Å². The minimum absolute atomic E-state index is 0.204. The molecule has 2 aliphatic rings. The molecule has 0 saturated heterocycles. The van der Waals surface area contributed by atoms with E-state index >= 15 is 0 Å². The minimum atomic E-state index is -0.252. The molecule has 11 aromatic rings. The van der Waals surface area contributed by atoms with Crippen LogP contribution in [-0.2, 0) is 10.8 Å². The zero-order chi connectivity index (χ0) is 48.6. The van der Waals surface area contributed by atoms with E-state index in [4.69, 9.17) is 19.9 Å². The standard InChI is InChI=1S/C68H50N4/c1-67(2)58-37-49(28-32-54(58)56-34-30-51(39-60(56)67)53-41-62(43-18-9-5-10-19-43)69-63(42-53)44-20-11-6-12-21-44)47-26-17-27-48(36-47)50-29-33-55-57-35-31-52(40-61(57)68(3,4)59(55)38-50)66-71-64(45-22-13-7-14-23-45)70-65(72-66)46-24-15-8-16-25-46/h5-42H,1-4H3. The summed E-state index contributed by atoms with van der Waals surface area (Å²) in [6.45, 7) is 9.43. The zero-order valence-electron chi connectivity index (χ0n) is 40.7. The summed E-state index contributed by atoms with van der Waals surface area (Å²) in [4.78, 5) is 20.2. The number of hydrogen-bond donors (Lipinski definition) is 0. The van der Waals surface area contributed by atoms with Crippen LogP contribution in [0, 0.1) is 0 Å². The average Bonchev–Trinajstić information content (AvgIpc) is 3.81. The quantitative estimate of drug-likeness (QED) is 0.152. The molecule has 0 aliphatic heterocycles. The third kappa shape index (κ3) is 7.38. The van der Waals surface area contributed by atoms with E-state index < -0.39 is 0 Å². The fourth-order valence-electron chi connectivity index (χ4n) is 11.2. The molecular formula is C68H50N4. The van der Waals surface area contributed by atoms with Crippen molar-refractivity contribution in [2.24, 2.45) is 0 Å². The average molecular weight is 923 g/mol. The van der Waals surface area contributed by atoms with Crippen molar-refractivity contribution < 1.29 is 0 Å². The van der Waals surface area contributed by atoms with Gasteiger partial charge >= 0.3 is 0 Å². The van der Waals surface area contributed by atoms with Crippen molar-refractivity contribution in [2.45, 2.75) is 38.5 Å². The van der Waals surface area contributed by atoms with Gasteiger partial charge in [0.15, 0.2) is 17.5 Å². The highest BCUT2D eigenvalue weighted by molar-refractivity contribution is 5.89. The summed E-state index contributed by atoms with van der Waals surface area (Å²) in [7, 11) is 0. The maximum atomic E-state index is 5.15. The fourth-order valence-corrected chi connectivity index (χ4v) is 11.2. The van der Waals surface area contributed by atoms with Gasteiger partial charge in [-0.25, -0.2) is 19.9 Å². The largest absolute Gasteiger partial charge is 0.248 e. The maximum Gasteiger partial charge on any atom is 0.164 e. The molecule has 0 radical (unpaired) electrons. The second kappa shape index (κ2) is 16.9. The molecule has 9 aromatic carbocycles. The molecule has 0 fully saturated rings. The van der Waals surface area contributed by atoms with Gasteiger partial charge in [-0.1, -0.05) is 216 Å². The monoisotopic (exact) mass is 922 g/mol. The van der Waals surface area contributed by atoms with Crippen LogP contribution in [0.25, 0.3) is 112 Å². The summed E-state index contributed by atoms with van der Waals surface area (Å²) in [6.07, 6.45) is 0. The van der Waals surface area contributed by atoms with Gasteiger partial charge in [-0.2, -0.15) is 0 Å². The Balaban J connectivity index is 0.808. The van der Waals surface area contributed by atoms with Gasteiger partial charge in [0.2, 0.25) is 0 Å². The lowest BCUT2D eigenvalue weighted by Crippen LogP contribution is -2.15. The number of benzene rings is 9. The molecule has 2 heterocycles. The molecule has 0 saturated carbocycles. The SMILES string of the molecule is CC1(C)c2cc(-c3cccc(-c4ccc5c(c4)C(C)(C)c4cc(-c6nc(-c7ccccc7)nc(-c7ccccc7)n6)ccc4-5)c3)ccc2-c2ccc(-c3cc(-c4ccccc4)nc(-c4ccccc4)c3)cc21. The molecular weight excluding hydrogens is 873 g/mol. The summed E-state index contributed by atoms with van der Waals surface area (Å²) in [5, 5.41) is 0. The smallest absolute Gasteiger partial charge is 0.164 e. The van der Waals surface area contributed by atoms with Crippen LogP contribution < -0.4 is 0 Å². The minimum Gasteiger partial charge on any atom is -0.248 e. The maximum absolute atomic E-state index is 5.15. The van der Waals surface area contributed by atoms with Crippen molar-refractivity contribution in [1.82, 2.24) is 19.9 Å². The van der Waals surface area contributed by atoms with Crippen LogP contribution in [0.2, 0.25) is 0 Å². The molecule has 0 unspecified atom stereocenters. The highest BCUT2D eigenvalue weighted by atomic mass is 15.0. The lowest BCUT2D eigenvalue weighted by Gasteiger charge is -2.23. The normalized spacial score (nSPS) is 13.5. The molecule has 0 N–H and O–H groups in total. The van der Waals surface area contributed by atoms with Crippen LogP contribution in [-0.4, -0.2) is 19.9 Å². The molecule has 4 nitrogen and oxygen atoms in total. The summed E-state index contributed by atoms with van der Waals surface area (Å²) < 4.78 is 0. The van der Waals surface area contributed by atoms with Gasteiger partial charge in [-0.3, -0.25) is 0 Å². The number of rotatable bonds is 8. The number of nitrogens with zero attached hydrogens (tertiary/aromatic N) is 4. The first kappa shape index (κ1) is 43.2. The number of pyridine rings is 1. The van der Waals surface area contributed by atoms with Gasteiger partial charge in [0.1, 0.15) is 0 Å². The summed E-state index contributed by atoms with van der Waals surface area (Å²) in [5.41, 5.74) is 24.2. The van der Waals surface area contributed by atoms with E-state index in [1.54, 1.807) is 0 Å². The van der Waals surface area contributed by atoms with E-state index in [1.807, 2.05) is 36.4 Å². The number of fused-ring (bicyclic) bond motifs is 6. The zero-order valence-corrected chi connectivity index (χ0v) is 40.7. The molecule has 0 atom stereocenters. The van der Waals surface area contributed by atoms with Crippen molar-refractivity contribution >= 4 is 0 Å². The lowest BCUT2D eigenvalue weighted by molar-refractivity contribution is 0.660. The van der Waals surface area contributed by atoms with Gasteiger partial charge in [-0.15, -0.1) is 0 Å². The second-order valence-electron chi connectivity index (χ2n) is 20.3. The molecule has 13 rings (SSSR count). The van der Waals surface area contributed by atoms with Crippen LogP contribution >= 0.6 is 0 Å². The summed E-state index contributed by atoms with van der Waals surface area (Å²) in [6, 6.07) is 82.7. The number of hydrogen-bond acceptors (Lipinski definition) is 4. The first-order chi connectivity index (χ1) is 35.2. The Kier molecular flexibility index (Phi) is 10.2. The van der Waals surface area contributed by atoms with Gasteiger partial charge in [0.05, 0.1) is 11.4 Å². The Labute approximate surface area is 421 Å². The third-order valence-electron chi connectivity index (χ3n) is 15.1. The summed E-state index contributed by atoms with van der Waals surface area (Å²) in [5.74, 6) is 1.99. The van der Waals surface area contributed by atoms with Crippen molar-refractivity contribution in [2.75, 3.05) is 0 Å². The van der Waals surface area contributed by atoms with Gasteiger partial charge in [-0.05, 0) is 120 Å². The van der Waals surface area contributed by atoms with Gasteiger partial charge in [0.25, 0.3) is 0 Å². The first-order valence-electron chi connectivity index (χ1n) is 24.9. The van der Waals surface area contributed by atoms with Crippen LogP contribution in [0.15, 0.2) is 231 Å². The molecule has 0 spiro atoms. The first-order valence-corrected chi connectivity index (χ1v) is 24.9. The van der Waals surface area contributed by atoms with E-state index in [1.165, 1.54) is 72.3 Å². The molecule has 342 valence electrons. The Hall–Kier alpha value is -8.86. The Morgan fingerprint density at radius 3 is 0.903 bits per heavy atom. The van der Waals surface area contributed by atoms with E-state index in [9.17, 15) is 0 Å². The summed E-state index contributed by atoms with van der Waals surface area (Å²) >= 11 is 0. The van der Waals surface area contributed by atoms with Crippen molar-refractivity contribution in [3.63, 3.8) is 0 Å². The van der Waals surface area contributed by atoms with Crippen LogP contribution in [0.3, 0.4) is 0 Å². The van der Waals surface area contributed by atoms with E-state index in [0.717, 1.165) is 44.8 Å². The van der Waals surface area contributed by atoms with Crippen molar-refractivity contribution in [3.8, 4) is 112 Å². The molecule has 2 aliphatic carbocycles.